The molecule has 0 radical (unpaired) electrons. The smallest absolute Gasteiger partial charge is 0.119 e. The maximum Gasteiger partial charge on any atom is 0.119 e. The van der Waals surface area contributed by atoms with Crippen molar-refractivity contribution in [2.45, 2.75) is 12.5 Å². The van der Waals surface area contributed by atoms with Crippen molar-refractivity contribution in [3.8, 4) is 0 Å². The first-order valence-electron chi connectivity index (χ1n) is 6.57. The second-order valence-corrected chi connectivity index (χ2v) is 4.92. The first kappa shape index (κ1) is 12.1. The zero-order chi connectivity index (χ0) is 13.1. The van der Waals surface area contributed by atoms with Gasteiger partial charge in [0.2, 0.25) is 0 Å². The predicted molar refractivity (Wildman–Crippen MR) is 78.1 cm³/mol. The molecule has 98 valence electrons. The van der Waals surface area contributed by atoms with Gasteiger partial charge in [0.05, 0.1) is 6.10 Å². The summed E-state index contributed by atoms with van der Waals surface area (Å²) >= 11 is 0. The van der Waals surface area contributed by atoms with E-state index in [9.17, 15) is 0 Å². The predicted octanol–water partition coefficient (Wildman–Crippen LogP) is 2.67. The molecule has 0 spiro atoms. The van der Waals surface area contributed by atoms with Gasteiger partial charge in [-0.1, -0.05) is 30.3 Å². The van der Waals surface area contributed by atoms with Crippen LogP contribution in [0.4, 0.5) is 11.4 Å². The maximum absolute atomic E-state index is 5.85. The number of benzene rings is 2. The van der Waals surface area contributed by atoms with Crippen molar-refractivity contribution in [2.75, 3.05) is 23.9 Å². The van der Waals surface area contributed by atoms with Crippen molar-refractivity contribution < 1.29 is 4.74 Å². The Morgan fingerprint density at radius 2 is 1.79 bits per heavy atom. The average Bonchev–Trinajstić information content (AvgIpc) is 2.91. The molecule has 3 rings (SSSR count). The van der Waals surface area contributed by atoms with Crippen LogP contribution in [0.1, 0.15) is 5.56 Å². The van der Waals surface area contributed by atoms with Gasteiger partial charge in [0.15, 0.2) is 0 Å². The maximum atomic E-state index is 5.85. The van der Waals surface area contributed by atoms with Gasteiger partial charge in [0.25, 0.3) is 0 Å². The number of nitrogen functional groups attached to an aromatic ring is 1. The highest BCUT2D eigenvalue weighted by Crippen LogP contribution is 2.21. The third kappa shape index (κ3) is 2.88. The molecule has 3 nitrogen and oxygen atoms in total. The SMILES string of the molecule is Nc1ccc(CC2CN(c3ccccc3)CO2)cc1. The second kappa shape index (κ2) is 5.33. The van der Waals surface area contributed by atoms with Crippen LogP contribution in [0.2, 0.25) is 0 Å². The van der Waals surface area contributed by atoms with E-state index in [0.717, 1.165) is 18.7 Å². The van der Waals surface area contributed by atoms with Crippen LogP contribution in [0.3, 0.4) is 0 Å². The van der Waals surface area contributed by atoms with Crippen molar-refractivity contribution in [2.24, 2.45) is 0 Å². The number of nitrogens with zero attached hydrogens (tertiary/aromatic N) is 1. The molecule has 0 saturated carbocycles. The normalized spacial score (nSPS) is 18.7. The van der Waals surface area contributed by atoms with Gasteiger partial charge in [0.1, 0.15) is 6.73 Å². The molecule has 0 aromatic heterocycles. The van der Waals surface area contributed by atoms with Gasteiger partial charge in [-0.3, -0.25) is 0 Å². The molecule has 1 unspecified atom stereocenters. The van der Waals surface area contributed by atoms with Gasteiger partial charge in [-0.05, 0) is 29.8 Å². The van der Waals surface area contributed by atoms with Crippen molar-refractivity contribution >= 4 is 11.4 Å². The number of hydrogen-bond acceptors (Lipinski definition) is 3. The number of para-hydroxylation sites is 1. The summed E-state index contributed by atoms with van der Waals surface area (Å²) < 4.78 is 5.85. The molecule has 0 bridgehead atoms. The number of anilines is 2. The van der Waals surface area contributed by atoms with Crippen LogP contribution in [-0.4, -0.2) is 19.4 Å². The Morgan fingerprint density at radius 3 is 2.53 bits per heavy atom. The second-order valence-electron chi connectivity index (χ2n) is 4.92. The molecule has 1 fully saturated rings. The summed E-state index contributed by atoms with van der Waals surface area (Å²) in [7, 11) is 0. The van der Waals surface area contributed by atoms with Crippen LogP contribution < -0.4 is 10.6 Å². The van der Waals surface area contributed by atoms with E-state index in [2.05, 4.69) is 41.3 Å². The van der Waals surface area contributed by atoms with Gasteiger partial charge in [0, 0.05) is 24.3 Å². The highest BCUT2D eigenvalue weighted by Gasteiger charge is 2.23. The fourth-order valence-corrected chi connectivity index (χ4v) is 2.41. The van der Waals surface area contributed by atoms with Crippen molar-refractivity contribution in [1.29, 1.82) is 0 Å². The molecule has 1 aliphatic rings. The minimum absolute atomic E-state index is 0.254. The molecular weight excluding hydrogens is 236 g/mol. The van der Waals surface area contributed by atoms with Gasteiger partial charge < -0.3 is 15.4 Å². The van der Waals surface area contributed by atoms with Gasteiger partial charge in [-0.15, -0.1) is 0 Å². The van der Waals surface area contributed by atoms with Gasteiger partial charge >= 0.3 is 0 Å². The minimum Gasteiger partial charge on any atom is -0.399 e. The third-order valence-electron chi connectivity index (χ3n) is 3.45. The van der Waals surface area contributed by atoms with Crippen molar-refractivity contribution in [3.05, 3.63) is 60.2 Å². The lowest BCUT2D eigenvalue weighted by Crippen LogP contribution is -2.22. The molecule has 1 aliphatic heterocycles. The first-order chi connectivity index (χ1) is 9.31. The molecule has 3 heteroatoms. The van der Waals surface area contributed by atoms with E-state index in [1.807, 2.05) is 18.2 Å². The average molecular weight is 254 g/mol. The summed E-state index contributed by atoms with van der Waals surface area (Å²) in [5.41, 5.74) is 9.00. The van der Waals surface area contributed by atoms with E-state index in [4.69, 9.17) is 10.5 Å². The largest absolute Gasteiger partial charge is 0.399 e. The Hall–Kier alpha value is -2.00. The number of rotatable bonds is 3. The Balaban J connectivity index is 1.62. The monoisotopic (exact) mass is 254 g/mol. The zero-order valence-corrected chi connectivity index (χ0v) is 10.8. The molecule has 19 heavy (non-hydrogen) atoms. The summed E-state index contributed by atoms with van der Waals surface area (Å²) in [5.74, 6) is 0. The molecule has 0 amide bonds. The highest BCUT2D eigenvalue weighted by atomic mass is 16.5. The van der Waals surface area contributed by atoms with E-state index in [-0.39, 0.29) is 6.10 Å². The first-order valence-corrected chi connectivity index (χ1v) is 6.57. The van der Waals surface area contributed by atoms with Crippen LogP contribution in [0, 0.1) is 0 Å². The molecule has 1 atom stereocenters. The molecule has 1 heterocycles. The Kier molecular flexibility index (Phi) is 3.38. The molecule has 2 N–H and O–H groups in total. The summed E-state index contributed by atoms with van der Waals surface area (Å²) in [5, 5.41) is 0. The number of ether oxygens (including phenoxy) is 1. The van der Waals surface area contributed by atoms with Crippen LogP contribution in [0.5, 0.6) is 0 Å². The molecule has 1 saturated heterocycles. The molecular formula is C16H18N2O. The van der Waals surface area contributed by atoms with E-state index < -0.39 is 0 Å². The van der Waals surface area contributed by atoms with Crippen LogP contribution >= 0.6 is 0 Å². The summed E-state index contributed by atoms with van der Waals surface area (Å²) in [6.07, 6.45) is 1.19. The van der Waals surface area contributed by atoms with E-state index in [0.29, 0.717) is 6.73 Å². The van der Waals surface area contributed by atoms with Crippen molar-refractivity contribution in [1.82, 2.24) is 0 Å². The van der Waals surface area contributed by atoms with Crippen LogP contribution in [0.15, 0.2) is 54.6 Å². The van der Waals surface area contributed by atoms with Crippen LogP contribution in [-0.2, 0) is 11.2 Å². The lowest BCUT2D eigenvalue weighted by atomic mass is 10.1. The topological polar surface area (TPSA) is 38.5 Å². The molecule has 0 aliphatic carbocycles. The van der Waals surface area contributed by atoms with Crippen LogP contribution in [0.25, 0.3) is 0 Å². The zero-order valence-electron chi connectivity index (χ0n) is 10.8. The van der Waals surface area contributed by atoms with Gasteiger partial charge in [-0.25, -0.2) is 0 Å². The number of nitrogens with two attached hydrogens (primary N) is 1. The van der Waals surface area contributed by atoms with E-state index in [1.165, 1.54) is 11.3 Å². The Bertz CT molecular complexity index is 524. The molecule has 2 aromatic rings. The summed E-state index contributed by atoms with van der Waals surface area (Å²) in [4.78, 5) is 2.27. The Morgan fingerprint density at radius 1 is 1.05 bits per heavy atom. The minimum atomic E-state index is 0.254. The van der Waals surface area contributed by atoms with E-state index in [1.54, 1.807) is 0 Å². The van der Waals surface area contributed by atoms with Crippen molar-refractivity contribution in [3.63, 3.8) is 0 Å². The Labute approximate surface area is 113 Å². The molecule has 2 aromatic carbocycles. The third-order valence-corrected chi connectivity index (χ3v) is 3.45. The quantitative estimate of drug-likeness (QED) is 0.856. The highest BCUT2D eigenvalue weighted by molar-refractivity contribution is 5.46. The lowest BCUT2D eigenvalue weighted by molar-refractivity contribution is 0.117. The number of hydrogen-bond donors (Lipinski definition) is 1. The lowest BCUT2D eigenvalue weighted by Gasteiger charge is -2.15. The summed E-state index contributed by atoms with van der Waals surface area (Å²) in [6.45, 7) is 1.61. The fourth-order valence-electron chi connectivity index (χ4n) is 2.41. The summed E-state index contributed by atoms with van der Waals surface area (Å²) in [6, 6.07) is 18.4. The fraction of sp³-hybridized carbons (Fsp3) is 0.250. The van der Waals surface area contributed by atoms with E-state index >= 15 is 0 Å². The van der Waals surface area contributed by atoms with Gasteiger partial charge in [-0.2, -0.15) is 0 Å². The standard InChI is InChI=1S/C16H18N2O/c17-14-8-6-13(7-9-14)10-16-11-18(12-19-16)15-4-2-1-3-5-15/h1-9,16H,10-12,17H2.